The lowest BCUT2D eigenvalue weighted by Crippen LogP contribution is -1.94. The average Bonchev–Trinajstić information content (AvgIpc) is 3.77. The Morgan fingerprint density at radius 2 is 1.28 bits per heavy atom. The van der Waals surface area contributed by atoms with Crippen molar-refractivity contribution < 1.29 is 4.42 Å². The van der Waals surface area contributed by atoms with Crippen molar-refractivity contribution >= 4 is 71.2 Å². The second kappa shape index (κ2) is 10.3. The maximum Gasteiger partial charge on any atom is 0.143 e. The van der Waals surface area contributed by atoms with E-state index >= 15 is 0 Å². The Kier molecular flexibility index (Phi) is 5.87. The lowest BCUT2D eigenvalue weighted by Gasteiger charge is -2.09. The third kappa shape index (κ3) is 3.92. The molecule has 0 bridgehead atoms. The number of benzene rings is 6. The van der Waals surface area contributed by atoms with E-state index in [0.717, 1.165) is 49.8 Å². The molecule has 0 fully saturated rings. The number of H-pyrrole nitrogens is 1. The Morgan fingerprint density at radius 3 is 2.09 bits per heavy atom. The second-order valence-electron chi connectivity index (χ2n) is 11.8. The Morgan fingerprint density at radius 1 is 0.630 bits per heavy atom. The van der Waals surface area contributed by atoms with Gasteiger partial charge in [-0.3, -0.25) is 0 Å². The molecule has 0 unspecified atom stereocenters. The van der Waals surface area contributed by atoms with E-state index in [0.29, 0.717) is 0 Å². The van der Waals surface area contributed by atoms with Crippen LogP contribution in [0.4, 0.5) is 0 Å². The predicted octanol–water partition coefficient (Wildman–Crippen LogP) is 12.3. The van der Waals surface area contributed by atoms with Crippen molar-refractivity contribution in [2.45, 2.75) is 6.92 Å². The number of para-hydroxylation sites is 3. The van der Waals surface area contributed by atoms with Gasteiger partial charge in [0, 0.05) is 54.6 Å². The topological polar surface area (TPSA) is 33.9 Å². The van der Waals surface area contributed by atoms with Crippen molar-refractivity contribution in [3.05, 3.63) is 152 Å². The molecule has 3 aromatic heterocycles. The molecule has 0 saturated heterocycles. The third-order valence-corrected chi connectivity index (χ3v) is 9.28. The summed E-state index contributed by atoms with van der Waals surface area (Å²) in [6, 6.07) is 43.6. The van der Waals surface area contributed by atoms with Crippen LogP contribution < -0.4 is 0 Å². The van der Waals surface area contributed by atoms with Crippen LogP contribution in [-0.2, 0) is 0 Å². The SMILES string of the molecule is C=C/C=C\C(=C/C)n1c2ccccc2c2cc(-c3ccc4[nH]c5ccc(-c6cccc7c6oc6ccccc67)cc5c4c3)ccc21. The van der Waals surface area contributed by atoms with Crippen molar-refractivity contribution in [2.24, 2.45) is 0 Å². The molecule has 6 aromatic carbocycles. The number of allylic oxidation sites excluding steroid dienone is 5. The molecule has 0 aliphatic carbocycles. The standard InChI is InChI=1S/C43H30N2O/c1-3-5-11-30(4-2)45-40-16-8-6-12-32(40)37-25-28(20-23-41(37)45)27-18-21-38-35(24-27)36-26-29(19-22-39(36)44-38)31-14-10-15-34-33-13-7-9-17-42(33)46-43(31)34/h3-26,44H,1H2,2H3/b11-5-,30-4+. The smallest absolute Gasteiger partial charge is 0.143 e. The first-order valence-corrected chi connectivity index (χ1v) is 15.7. The van der Waals surface area contributed by atoms with Crippen LogP contribution in [0.5, 0.6) is 0 Å². The van der Waals surface area contributed by atoms with E-state index in [4.69, 9.17) is 4.42 Å². The van der Waals surface area contributed by atoms with Gasteiger partial charge in [-0.1, -0.05) is 97.6 Å². The highest BCUT2D eigenvalue weighted by Crippen LogP contribution is 2.39. The zero-order valence-electron chi connectivity index (χ0n) is 25.4. The summed E-state index contributed by atoms with van der Waals surface area (Å²) in [5.74, 6) is 0. The number of fused-ring (bicyclic) bond motifs is 9. The monoisotopic (exact) mass is 590 g/mol. The fourth-order valence-electron chi connectivity index (χ4n) is 7.12. The van der Waals surface area contributed by atoms with Crippen LogP contribution >= 0.6 is 0 Å². The van der Waals surface area contributed by atoms with Crippen LogP contribution in [0.3, 0.4) is 0 Å². The molecule has 0 radical (unpaired) electrons. The molecule has 3 nitrogen and oxygen atoms in total. The van der Waals surface area contributed by atoms with Crippen LogP contribution in [-0.4, -0.2) is 9.55 Å². The maximum atomic E-state index is 6.38. The minimum absolute atomic E-state index is 0.915. The van der Waals surface area contributed by atoms with Gasteiger partial charge in [-0.05, 0) is 78.2 Å². The number of hydrogen-bond donors (Lipinski definition) is 1. The number of nitrogens with zero attached hydrogens (tertiary/aromatic N) is 1. The van der Waals surface area contributed by atoms with E-state index in [1.54, 1.807) is 0 Å². The zero-order valence-corrected chi connectivity index (χ0v) is 25.4. The fourth-order valence-corrected chi connectivity index (χ4v) is 7.12. The molecule has 0 spiro atoms. The largest absolute Gasteiger partial charge is 0.455 e. The highest BCUT2D eigenvalue weighted by molar-refractivity contribution is 6.14. The number of furan rings is 1. The first-order chi connectivity index (χ1) is 22.7. The van der Waals surface area contributed by atoms with E-state index in [2.05, 4.69) is 144 Å². The quantitative estimate of drug-likeness (QED) is 0.199. The van der Waals surface area contributed by atoms with Gasteiger partial charge in [0.2, 0.25) is 0 Å². The number of aromatic nitrogens is 2. The van der Waals surface area contributed by atoms with E-state index in [-0.39, 0.29) is 0 Å². The molecule has 0 atom stereocenters. The van der Waals surface area contributed by atoms with Gasteiger partial charge in [-0.25, -0.2) is 0 Å². The summed E-state index contributed by atoms with van der Waals surface area (Å²) >= 11 is 0. The number of nitrogens with one attached hydrogen (secondary N) is 1. The molecule has 218 valence electrons. The van der Waals surface area contributed by atoms with Crippen molar-refractivity contribution in [2.75, 3.05) is 0 Å². The van der Waals surface area contributed by atoms with Crippen molar-refractivity contribution in [1.82, 2.24) is 9.55 Å². The summed E-state index contributed by atoms with van der Waals surface area (Å²) < 4.78 is 8.72. The molecular weight excluding hydrogens is 560 g/mol. The Labute approximate surface area is 266 Å². The molecule has 3 heterocycles. The average molecular weight is 591 g/mol. The molecular formula is C43H30N2O. The summed E-state index contributed by atoms with van der Waals surface area (Å²) in [5.41, 5.74) is 12.2. The van der Waals surface area contributed by atoms with Crippen LogP contribution in [0, 0.1) is 0 Å². The summed E-state index contributed by atoms with van der Waals surface area (Å²) in [6.07, 6.45) is 8.07. The van der Waals surface area contributed by atoms with E-state index in [1.165, 1.54) is 43.7 Å². The van der Waals surface area contributed by atoms with Gasteiger partial charge >= 0.3 is 0 Å². The summed E-state index contributed by atoms with van der Waals surface area (Å²) in [5, 5.41) is 7.17. The van der Waals surface area contributed by atoms with Crippen molar-refractivity contribution in [1.29, 1.82) is 0 Å². The van der Waals surface area contributed by atoms with E-state index in [9.17, 15) is 0 Å². The Balaban J connectivity index is 1.20. The van der Waals surface area contributed by atoms with Crippen molar-refractivity contribution in [3.8, 4) is 22.3 Å². The first kappa shape index (κ1) is 26.4. The van der Waals surface area contributed by atoms with Crippen LogP contribution in [0.25, 0.3) is 93.5 Å². The highest BCUT2D eigenvalue weighted by atomic mass is 16.3. The van der Waals surface area contributed by atoms with E-state index < -0.39 is 0 Å². The van der Waals surface area contributed by atoms with Crippen LogP contribution in [0.2, 0.25) is 0 Å². The minimum Gasteiger partial charge on any atom is -0.455 e. The zero-order chi connectivity index (χ0) is 30.8. The van der Waals surface area contributed by atoms with Gasteiger partial charge in [0.1, 0.15) is 11.2 Å². The molecule has 46 heavy (non-hydrogen) atoms. The summed E-state index contributed by atoms with van der Waals surface area (Å²) in [6.45, 7) is 5.95. The number of hydrogen-bond acceptors (Lipinski definition) is 1. The van der Waals surface area contributed by atoms with Gasteiger partial charge in [0.05, 0.1) is 11.0 Å². The molecule has 0 saturated carbocycles. The molecule has 0 amide bonds. The van der Waals surface area contributed by atoms with Gasteiger partial charge < -0.3 is 14.0 Å². The minimum atomic E-state index is 0.915. The van der Waals surface area contributed by atoms with Crippen LogP contribution in [0.15, 0.2) is 157 Å². The Bertz CT molecular complexity index is 2730. The summed E-state index contributed by atoms with van der Waals surface area (Å²) in [7, 11) is 0. The molecule has 0 aliphatic rings. The van der Waals surface area contributed by atoms with Crippen LogP contribution in [0.1, 0.15) is 6.92 Å². The number of rotatable bonds is 5. The van der Waals surface area contributed by atoms with Gasteiger partial charge in [0.25, 0.3) is 0 Å². The van der Waals surface area contributed by atoms with E-state index in [1.807, 2.05) is 24.3 Å². The molecule has 9 aromatic rings. The summed E-state index contributed by atoms with van der Waals surface area (Å²) in [4.78, 5) is 3.64. The highest BCUT2D eigenvalue weighted by Gasteiger charge is 2.16. The molecule has 0 aliphatic heterocycles. The Hall–Kier alpha value is -6.06. The van der Waals surface area contributed by atoms with Gasteiger partial charge in [-0.2, -0.15) is 0 Å². The molecule has 3 heteroatoms. The first-order valence-electron chi connectivity index (χ1n) is 15.7. The fraction of sp³-hybridized carbons (Fsp3) is 0.0233. The maximum absolute atomic E-state index is 6.38. The van der Waals surface area contributed by atoms with Gasteiger partial charge in [-0.15, -0.1) is 0 Å². The van der Waals surface area contributed by atoms with Crippen molar-refractivity contribution in [3.63, 3.8) is 0 Å². The van der Waals surface area contributed by atoms with Gasteiger partial charge in [0.15, 0.2) is 0 Å². The normalized spacial score (nSPS) is 12.6. The lowest BCUT2D eigenvalue weighted by molar-refractivity contribution is 0.670. The molecule has 1 N–H and O–H groups in total. The molecule has 9 rings (SSSR count). The lowest BCUT2D eigenvalue weighted by atomic mass is 9.98. The second-order valence-corrected chi connectivity index (χ2v) is 11.8. The number of aromatic amines is 1. The predicted molar refractivity (Wildman–Crippen MR) is 196 cm³/mol. The third-order valence-electron chi connectivity index (χ3n) is 9.28.